The van der Waals surface area contributed by atoms with E-state index in [1.807, 2.05) is 38.1 Å². The Morgan fingerprint density at radius 2 is 1.59 bits per heavy atom. The molecule has 0 unspecified atom stereocenters. The summed E-state index contributed by atoms with van der Waals surface area (Å²) in [4.78, 5) is 35.9. The number of para-hydroxylation sites is 1. The van der Waals surface area contributed by atoms with Crippen LogP contribution >= 0.6 is 0 Å². The van der Waals surface area contributed by atoms with Crippen LogP contribution in [0.5, 0.6) is 5.75 Å². The van der Waals surface area contributed by atoms with Crippen molar-refractivity contribution < 1.29 is 23.9 Å². The van der Waals surface area contributed by atoms with Crippen molar-refractivity contribution in [3.8, 4) is 5.75 Å². The number of carbonyl (C=O) groups is 3. The number of alkyl carbamates (subject to hydrolysis) is 1. The van der Waals surface area contributed by atoms with E-state index in [-0.39, 0.29) is 18.4 Å². The Labute approximate surface area is 201 Å². The standard InChI is InChI=1S/C26H35N3O5/c1-18-9-6-10-19(2)24(18)33-14-8-13-22(30)27-16-20-11-7-12-21(15-20)29-23(31)17-28-25(32)34-26(3,4)5/h6-7,9-12,15H,8,13-14,16-17H2,1-5H3,(H,27,30)(H,28,32)(H,29,31). The smallest absolute Gasteiger partial charge is 0.408 e. The van der Waals surface area contributed by atoms with Crippen LogP contribution in [-0.4, -0.2) is 36.7 Å². The molecule has 3 amide bonds. The maximum absolute atomic E-state index is 12.2. The number of hydrogen-bond acceptors (Lipinski definition) is 5. The van der Waals surface area contributed by atoms with Crippen LogP contribution in [0, 0.1) is 13.8 Å². The third-order valence-corrected chi connectivity index (χ3v) is 4.70. The molecule has 2 aromatic carbocycles. The van der Waals surface area contributed by atoms with Gasteiger partial charge in [0.05, 0.1) is 6.61 Å². The number of ether oxygens (including phenoxy) is 2. The molecular weight excluding hydrogens is 434 g/mol. The van der Waals surface area contributed by atoms with Crippen molar-refractivity contribution >= 4 is 23.6 Å². The van der Waals surface area contributed by atoms with Crippen molar-refractivity contribution in [3.63, 3.8) is 0 Å². The highest BCUT2D eigenvalue weighted by Crippen LogP contribution is 2.22. The summed E-state index contributed by atoms with van der Waals surface area (Å²) in [5.74, 6) is 0.431. The Kier molecular flexibility index (Phi) is 9.92. The molecule has 0 heterocycles. The predicted molar refractivity (Wildman–Crippen MR) is 132 cm³/mol. The van der Waals surface area contributed by atoms with E-state index >= 15 is 0 Å². The summed E-state index contributed by atoms with van der Waals surface area (Å²) in [5, 5.41) is 8.01. The number of anilines is 1. The highest BCUT2D eigenvalue weighted by molar-refractivity contribution is 5.93. The molecule has 0 radical (unpaired) electrons. The van der Waals surface area contributed by atoms with Gasteiger partial charge in [0.2, 0.25) is 11.8 Å². The average molecular weight is 470 g/mol. The number of amides is 3. The molecule has 34 heavy (non-hydrogen) atoms. The van der Waals surface area contributed by atoms with Gasteiger partial charge in [-0.2, -0.15) is 0 Å². The fourth-order valence-corrected chi connectivity index (χ4v) is 3.15. The molecule has 0 fully saturated rings. The Morgan fingerprint density at radius 1 is 0.912 bits per heavy atom. The van der Waals surface area contributed by atoms with Crippen molar-refractivity contribution in [2.24, 2.45) is 0 Å². The molecule has 0 saturated carbocycles. The summed E-state index contributed by atoms with van der Waals surface area (Å²) in [6, 6.07) is 13.2. The molecule has 0 saturated heterocycles. The molecule has 8 heteroatoms. The highest BCUT2D eigenvalue weighted by atomic mass is 16.6. The van der Waals surface area contributed by atoms with Crippen LogP contribution in [-0.2, 0) is 20.9 Å². The topological polar surface area (TPSA) is 106 Å². The molecule has 0 aliphatic carbocycles. The van der Waals surface area contributed by atoms with Gasteiger partial charge in [-0.25, -0.2) is 4.79 Å². The summed E-state index contributed by atoms with van der Waals surface area (Å²) in [6.07, 6.45) is 0.316. The van der Waals surface area contributed by atoms with Gasteiger partial charge in [-0.15, -0.1) is 0 Å². The van der Waals surface area contributed by atoms with Crippen molar-refractivity contribution in [1.29, 1.82) is 0 Å². The van der Waals surface area contributed by atoms with Gasteiger partial charge >= 0.3 is 6.09 Å². The fraction of sp³-hybridized carbons (Fsp3) is 0.423. The fourth-order valence-electron chi connectivity index (χ4n) is 3.15. The monoisotopic (exact) mass is 469 g/mol. The first-order chi connectivity index (χ1) is 16.0. The third kappa shape index (κ3) is 9.94. The first-order valence-electron chi connectivity index (χ1n) is 11.3. The van der Waals surface area contributed by atoms with E-state index in [0.717, 1.165) is 22.4 Å². The van der Waals surface area contributed by atoms with Gasteiger partial charge < -0.3 is 25.4 Å². The third-order valence-electron chi connectivity index (χ3n) is 4.70. The van der Waals surface area contributed by atoms with Gasteiger partial charge in [0.25, 0.3) is 0 Å². The Morgan fingerprint density at radius 3 is 2.26 bits per heavy atom. The lowest BCUT2D eigenvalue weighted by molar-refractivity contribution is -0.121. The van der Waals surface area contributed by atoms with Crippen LogP contribution in [0.4, 0.5) is 10.5 Å². The maximum Gasteiger partial charge on any atom is 0.408 e. The number of nitrogens with one attached hydrogen (secondary N) is 3. The van der Waals surface area contributed by atoms with Crippen LogP contribution in [0.1, 0.15) is 50.3 Å². The quantitative estimate of drug-likeness (QED) is 0.451. The zero-order valence-electron chi connectivity index (χ0n) is 20.6. The molecule has 184 valence electrons. The first-order valence-corrected chi connectivity index (χ1v) is 11.3. The number of benzene rings is 2. The molecule has 0 bridgehead atoms. The van der Waals surface area contributed by atoms with Crippen LogP contribution in [0.25, 0.3) is 0 Å². The lowest BCUT2D eigenvalue weighted by Crippen LogP contribution is -2.37. The number of carbonyl (C=O) groups excluding carboxylic acids is 3. The zero-order chi connectivity index (χ0) is 25.1. The summed E-state index contributed by atoms with van der Waals surface area (Å²) in [5.41, 5.74) is 2.95. The molecule has 3 N–H and O–H groups in total. The molecule has 0 aliphatic heterocycles. The minimum atomic E-state index is -0.654. The van der Waals surface area contributed by atoms with Gasteiger partial charge in [0.1, 0.15) is 17.9 Å². The van der Waals surface area contributed by atoms with E-state index in [1.165, 1.54) is 0 Å². The zero-order valence-corrected chi connectivity index (χ0v) is 20.6. The molecule has 2 aromatic rings. The molecule has 0 spiro atoms. The van der Waals surface area contributed by atoms with Crippen LogP contribution in [0.15, 0.2) is 42.5 Å². The van der Waals surface area contributed by atoms with E-state index in [9.17, 15) is 14.4 Å². The largest absolute Gasteiger partial charge is 0.493 e. The normalized spacial score (nSPS) is 10.9. The molecule has 8 nitrogen and oxygen atoms in total. The van der Waals surface area contributed by atoms with Crippen molar-refractivity contribution in [2.75, 3.05) is 18.5 Å². The minimum absolute atomic E-state index is 0.0684. The van der Waals surface area contributed by atoms with Gasteiger partial charge in [-0.05, 0) is 69.9 Å². The number of hydrogen-bond donors (Lipinski definition) is 3. The molecule has 0 aromatic heterocycles. The predicted octanol–water partition coefficient (Wildman–Crippen LogP) is 4.24. The minimum Gasteiger partial charge on any atom is -0.493 e. The summed E-state index contributed by atoms with van der Waals surface area (Å²) >= 11 is 0. The van der Waals surface area contributed by atoms with Crippen molar-refractivity contribution in [2.45, 2.75) is 59.6 Å². The van der Waals surface area contributed by atoms with E-state index < -0.39 is 11.7 Å². The Hall–Kier alpha value is -3.55. The van der Waals surface area contributed by atoms with Gasteiger partial charge in [-0.3, -0.25) is 9.59 Å². The van der Waals surface area contributed by atoms with Crippen molar-refractivity contribution in [3.05, 3.63) is 59.2 Å². The summed E-state index contributed by atoms with van der Waals surface area (Å²) < 4.78 is 10.9. The van der Waals surface area contributed by atoms with Crippen LogP contribution in [0.2, 0.25) is 0 Å². The Balaban J connectivity index is 1.70. The van der Waals surface area contributed by atoms with Crippen LogP contribution in [0.3, 0.4) is 0 Å². The summed E-state index contributed by atoms with van der Waals surface area (Å²) in [7, 11) is 0. The first kappa shape index (κ1) is 26.7. The van der Waals surface area contributed by atoms with Gasteiger partial charge in [0.15, 0.2) is 0 Å². The number of rotatable bonds is 10. The molecular formula is C26H35N3O5. The van der Waals surface area contributed by atoms with Gasteiger partial charge in [0, 0.05) is 18.7 Å². The maximum atomic E-state index is 12.2. The van der Waals surface area contributed by atoms with Crippen molar-refractivity contribution in [1.82, 2.24) is 10.6 Å². The van der Waals surface area contributed by atoms with E-state index in [2.05, 4.69) is 16.0 Å². The van der Waals surface area contributed by atoms with Crippen LogP contribution < -0.4 is 20.7 Å². The molecule has 0 aliphatic rings. The lowest BCUT2D eigenvalue weighted by atomic mass is 10.1. The van der Waals surface area contributed by atoms with E-state index in [0.29, 0.717) is 31.7 Å². The molecule has 0 atom stereocenters. The Bertz CT molecular complexity index is 978. The van der Waals surface area contributed by atoms with Gasteiger partial charge in [-0.1, -0.05) is 30.3 Å². The second kappa shape index (κ2) is 12.6. The average Bonchev–Trinajstić information content (AvgIpc) is 2.74. The lowest BCUT2D eigenvalue weighted by Gasteiger charge is -2.19. The molecule has 2 rings (SSSR count). The summed E-state index contributed by atoms with van der Waals surface area (Å²) in [6.45, 7) is 9.85. The highest BCUT2D eigenvalue weighted by Gasteiger charge is 2.16. The second-order valence-electron chi connectivity index (χ2n) is 9.05. The number of aryl methyl sites for hydroxylation is 2. The SMILES string of the molecule is Cc1cccc(C)c1OCCCC(=O)NCc1cccc(NC(=O)CNC(=O)OC(C)(C)C)c1. The van der Waals surface area contributed by atoms with E-state index in [4.69, 9.17) is 9.47 Å². The second-order valence-corrected chi connectivity index (χ2v) is 9.05. The van der Waals surface area contributed by atoms with E-state index in [1.54, 1.807) is 39.0 Å².